The maximum atomic E-state index is 12.9. The van der Waals surface area contributed by atoms with E-state index >= 15 is 0 Å². The number of rotatable bonds is 6. The van der Waals surface area contributed by atoms with Crippen LogP contribution >= 0.6 is 0 Å². The average molecular weight is 416 g/mol. The fourth-order valence-electron chi connectivity index (χ4n) is 2.43. The smallest absolute Gasteiger partial charge is 0.329 e. The molecule has 0 bridgehead atoms. The van der Waals surface area contributed by atoms with Crippen molar-refractivity contribution in [2.45, 2.75) is 6.61 Å². The summed E-state index contributed by atoms with van der Waals surface area (Å²) in [5.41, 5.74) is 4.50. The van der Waals surface area contributed by atoms with Crippen molar-refractivity contribution >= 4 is 23.7 Å². The minimum absolute atomic E-state index is 0.300. The monoisotopic (exact) mass is 416 g/mol. The van der Waals surface area contributed by atoms with Crippen molar-refractivity contribution in [2.75, 3.05) is 5.32 Å². The zero-order valence-corrected chi connectivity index (χ0v) is 16.2. The van der Waals surface area contributed by atoms with Gasteiger partial charge in [0.1, 0.15) is 18.2 Å². The molecule has 7 nitrogen and oxygen atoms in total. The number of nitriles is 1. The Morgan fingerprint density at radius 3 is 2.29 bits per heavy atom. The normalized spacial score (nSPS) is 10.3. The second-order valence-corrected chi connectivity index (χ2v) is 6.33. The molecule has 3 aromatic carbocycles. The van der Waals surface area contributed by atoms with Gasteiger partial charge in [0.2, 0.25) is 0 Å². The minimum Gasteiger partial charge on any atom is -0.489 e. The molecule has 3 aromatic rings. The summed E-state index contributed by atoms with van der Waals surface area (Å²) in [6, 6.07) is 21.0. The van der Waals surface area contributed by atoms with Gasteiger partial charge in [0.25, 0.3) is 0 Å². The molecule has 3 rings (SSSR count). The molecule has 0 atom stereocenters. The number of benzene rings is 3. The number of hydrogen-bond donors (Lipinski definition) is 2. The first-order chi connectivity index (χ1) is 15.0. The van der Waals surface area contributed by atoms with Crippen LogP contribution in [0, 0.1) is 17.1 Å². The molecule has 31 heavy (non-hydrogen) atoms. The first-order valence-electron chi connectivity index (χ1n) is 9.15. The highest BCUT2D eigenvalue weighted by molar-refractivity contribution is 6.39. The van der Waals surface area contributed by atoms with Crippen LogP contribution in [0.5, 0.6) is 5.75 Å². The third-order valence-corrected chi connectivity index (χ3v) is 4.06. The first-order valence-corrected chi connectivity index (χ1v) is 9.15. The highest BCUT2D eigenvalue weighted by Crippen LogP contribution is 2.14. The topological polar surface area (TPSA) is 104 Å². The molecule has 0 unspecified atom stereocenters. The van der Waals surface area contributed by atoms with E-state index in [1.54, 1.807) is 36.4 Å². The van der Waals surface area contributed by atoms with E-state index in [-0.39, 0.29) is 5.82 Å². The van der Waals surface area contributed by atoms with Crippen molar-refractivity contribution in [2.24, 2.45) is 5.10 Å². The van der Waals surface area contributed by atoms with Crippen LogP contribution in [-0.2, 0) is 16.2 Å². The Balaban J connectivity index is 1.46. The van der Waals surface area contributed by atoms with Crippen molar-refractivity contribution in [3.05, 3.63) is 95.3 Å². The van der Waals surface area contributed by atoms with Crippen LogP contribution in [0.1, 0.15) is 16.7 Å². The lowest BCUT2D eigenvalue weighted by molar-refractivity contribution is -0.136. The molecule has 0 saturated carbocycles. The minimum atomic E-state index is -0.931. The number of hydrogen-bond acceptors (Lipinski definition) is 5. The van der Waals surface area contributed by atoms with E-state index in [1.165, 1.54) is 42.6 Å². The number of hydrazone groups is 1. The third-order valence-electron chi connectivity index (χ3n) is 4.06. The molecule has 0 saturated heterocycles. The van der Waals surface area contributed by atoms with E-state index in [0.29, 0.717) is 29.2 Å². The van der Waals surface area contributed by atoms with Gasteiger partial charge in [-0.25, -0.2) is 9.82 Å². The standard InChI is InChI=1S/C23H17FN4O3/c24-19-7-1-18(2-8-19)15-31-21-11-5-17(6-12-21)14-26-28-23(30)22(29)27-20-9-3-16(13-25)4-10-20/h1-12,14H,15H2,(H,27,29)(H,28,30)/b26-14+. The van der Waals surface area contributed by atoms with Gasteiger partial charge in [0.15, 0.2) is 0 Å². The van der Waals surface area contributed by atoms with Gasteiger partial charge in [0.05, 0.1) is 17.8 Å². The van der Waals surface area contributed by atoms with Crippen LogP contribution in [0.2, 0.25) is 0 Å². The molecule has 2 amide bonds. The predicted octanol–water partition coefficient (Wildman–Crippen LogP) is 3.37. The summed E-state index contributed by atoms with van der Waals surface area (Å²) in [7, 11) is 0. The maximum absolute atomic E-state index is 12.9. The lowest BCUT2D eigenvalue weighted by Crippen LogP contribution is -2.32. The summed E-state index contributed by atoms with van der Waals surface area (Å²) in [4.78, 5) is 23.7. The molecule has 0 aliphatic rings. The van der Waals surface area contributed by atoms with E-state index < -0.39 is 11.8 Å². The Hall–Kier alpha value is -4.51. The number of ether oxygens (including phenoxy) is 1. The second-order valence-electron chi connectivity index (χ2n) is 6.33. The molecule has 0 spiro atoms. The third kappa shape index (κ3) is 6.51. The molecule has 0 radical (unpaired) electrons. The van der Waals surface area contributed by atoms with Gasteiger partial charge in [-0.15, -0.1) is 0 Å². The number of nitrogens with zero attached hydrogens (tertiary/aromatic N) is 2. The molecule has 0 aromatic heterocycles. The molecule has 154 valence electrons. The number of carbonyl (C=O) groups is 2. The molecular weight excluding hydrogens is 399 g/mol. The van der Waals surface area contributed by atoms with E-state index in [9.17, 15) is 14.0 Å². The van der Waals surface area contributed by atoms with Crippen molar-refractivity contribution < 1.29 is 18.7 Å². The van der Waals surface area contributed by atoms with Crippen molar-refractivity contribution in [3.8, 4) is 11.8 Å². The summed E-state index contributed by atoms with van der Waals surface area (Å²) in [5, 5.41) is 14.9. The van der Waals surface area contributed by atoms with Crippen LogP contribution in [0.3, 0.4) is 0 Å². The highest BCUT2D eigenvalue weighted by Gasteiger charge is 2.12. The van der Waals surface area contributed by atoms with Gasteiger partial charge in [0, 0.05) is 5.69 Å². The molecule has 2 N–H and O–H groups in total. The Bertz CT molecular complexity index is 1120. The fourth-order valence-corrected chi connectivity index (χ4v) is 2.43. The number of nitrogens with one attached hydrogen (secondary N) is 2. The molecule has 0 aliphatic carbocycles. The SMILES string of the molecule is N#Cc1ccc(NC(=O)C(=O)N/N=C/c2ccc(OCc3ccc(F)cc3)cc2)cc1. The zero-order chi connectivity index (χ0) is 22.1. The Morgan fingerprint density at radius 1 is 0.968 bits per heavy atom. The van der Waals surface area contributed by atoms with Crippen LogP contribution in [-0.4, -0.2) is 18.0 Å². The maximum Gasteiger partial charge on any atom is 0.329 e. The Labute approximate surface area is 177 Å². The molecule has 0 fully saturated rings. The van der Waals surface area contributed by atoms with Crippen LogP contribution in [0.25, 0.3) is 0 Å². The van der Waals surface area contributed by atoms with Crippen LogP contribution in [0.15, 0.2) is 77.9 Å². The molecular formula is C23H17FN4O3. The van der Waals surface area contributed by atoms with Gasteiger partial charge in [-0.1, -0.05) is 12.1 Å². The van der Waals surface area contributed by atoms with Crippen LogP contribution < -0.4 is 15.5 Å². The summed E-state index contributed by atoms with van der Waals surface area (Å²) < 4.78 is 18.5. The average Bonchev–Trinajstić information content (AvgIpc) is 2.80. The van der Waals surface area contributed by atoms with Crippen molar-refractivity contribution in [1.82, 2.24) is 5.43 Å². The van der Waals surface area contributed by atoms with E-state index in [1.807, 2.05) is 6.07 Å². The van der Waals surface area contributed by atoms with Crippen molar-refractivity contribution in [3.63, 3.8) is 0 Å². The largest absolute Gasteiger partial charge is 0.489 e. The lowest BCUT2D eigenvalue weighted by Gasteiger charge is -2.06. The quantitative estimate of drug-likeness (QED) is 0.365. The van der Waals surface area contributed by atoms with E-state index in [0.717, 1.165) is 5.56 Å². The number of carbonyl (C=O) groups excluding carboxylic acids is 2. The predicted molar refractivity (Wildman–Crippen MR) is 113 cm³/mol. The van der Waals surface area contributed by atoms with E-state index in [4.69, 9.17) is 10.00 Å². The summed E-state index contributed by atoms with van der Waals surface area (Å²) in [6.07, 6.45) is 1.39. The highest BCUT2D eigenvalue weighted by atomic mass is 19.1. The number of halogens is 1. The van der Waals surface area contributed by atoms with Gasteiger partial charge < -0.3 is 10.1 Å². The van der Waals surface area contributed by atoms with Crippen LogP contribution in [0.4, 0.5) is 10.1 Å². The molecule has 8 heteroatoms. The van der Waals surface area contributed by atoms with Gasteiger partial charge in [-0.2, -0.15) is 10.4 Å². The molecule has 0 aliphatic heterocycles. The summed E-state index contributed by atoms with van der Waals surface area (Å²) in [6.45, 7) is 0.304. The zero-order valence-electron chi connectivity index (χ0n) is 16.2. The van der Waals surface area contributed by atoms with Crippen molar-refractivity contribution in [1.29, 1.82) is 5.26 Å². The van der Waals surface area contributed by atoms with E-state index in [2.05, 4.69) is 15.8 Å². The molecule has 0 heterocycles. The van der Waals surface area contributed by atoms with Gasteiger partial charge >= 0.3 is 11.8 Å². The summed E-state index contributed by atoms with van der Waals surface area (Å²) in [5.74, 6) is -1.50. The van der Waals surface area contributed by atoms with Gasteiger partial charge in [-0.05, 0) is 71.8 Å². The fraction of sp³-hybridized carbons (Fsp3) is 0.0435. The Morgan fingerprint density at radius 2 is 1.65 bits per heavy atom. The number of anilines is 1. The first kappa shape index (κ1) is 21.2. The second kappa shape index (κ2) is 10.3. The van der Waals surface area contributed by atoms with Gasteiger partial charge in [-0.3, -0.25) is 9.59 Å². The Kier molecular flexibility index (Phi) is 7.06. The lowest BCUT2D eigenvalue weighted by atomic mass is 10.2. The number of amides is 2. The summed E-state index contributed by atoms with van der Waals surface area (Å²) >= 11 is 0.